The van der Waals surface area contributed by atoms with Crippen LogP contribution in [0.5, 0.6) is 5.75 Å². The molecule has 1 fully saturated rings. The normalized spacial score (nSPS) is 22.5. The number of hydrogen-bond acceptors (Lipinski definition) is 6. The van der Waals surface area contributed by atoms with Crippen molar-refractivity contribution in [1.29, 1.82) is 0 Å². The molecular weight excluding hydrogens is 415 g/mol. The molecule has 8 nitrogen and oxygen atoms in total. The van der Waals surface area contributed by atoms with Crippen molar-refractivity contribution in [1.82, 2.24) is 9.79 Å². The Morgan fingerprint density at radius 3 is 2.47 bits per heavy atom. The number of hydroxylamine groups is 1. The fourth-order valence-electron chi connectivity index (χ4n) is 3.49. The molecule has 2 aromatic carbocycles. The number of piperidine rings is 1. The van der Waals surface area contributed by atoms with Crippen LogP contribution in [0.15, 0.2) is 53.4 Å². The number of nitrogens with zero attached hydrogens (tertiary/aromatic N) is 1. The first-order chi connectivity index (χ1) is 14.1. The molecule has 0 aromatic heterocycles. The second kappa shape index (κ2) is 8.68. The summed E-state index contributed by atoms with van der Waals surface area (Å²) in [7, 11) is -4.12. The highest BCUT2D eigenvalue weighted by molar-refractivity contribution is 7.89. The molecule has 1 amide bonds. The van der Waals surface area contributed by atoms with Gasteiger partial charge in [-0.1, -0.05) is 12.1 Å². The smallest absolute Gasteiger partial charge is 0.264 e. The summed E-state index contributed by atoms with van der Waals surface area (Å²) in [5, 5.41) is 19.5. The highest BCUT2D eigenvalue weighted by atomic mass is 32.2. The number of carbonyl (C=O) groups is 1. The van der Waals surface area contributed by atoms with E-state index in [1.807, 2.05) is 0 Å². The van der Waals surface area contributed by atoms with Gasteiger partial charge < -0.3 is 9.84 Å². The van der Waals surface area contributed by atoms with E-state index in [9.17, 15) is 22.7 Å². The third kappa shape index (κ3) is 4.62. The monoisotopic (exact) mass is 438 g/mol. The Kier molecular flexibility index (Phi) is 6.41. The van der Waals surface area contributed by atoms with Gasteiger partial charge in [-0.2, -0.15) is 4.31 Å². The third-order valence-corrected chi connectivity index (χ3v) is 6.92. The number of ether oxygens (including phenoxy) is 1. The van der Waals surface area contributed by atoms with Gasteiger partial charge in [0.15, 0.2) is 0 Å². The number of rotatable bonds is 6. The molecule has 0 spiro atoms. The maximum atomic E-state index is 13.1. The van der Waals surface area contributed by atoms with Crippen molar-refractivity contribution in [3.63, 3.8) is 0 Å². The SMILES string of the molecule is C[C@@]1(O)CCCN(S(=O)(=O)c2ccc(OCc3ccc(F)cc3)cc2)C1C(=O)NO. The molecule has 0 saturated carbocycles. The number of halogens is 1. The summed E-state index contributed by atoms with van der Waals surface area (Å²) in [4.78, 5) is 12.0. The summed E-state index contributed by atoms with van der Waals surface area (Å²) in [6.07, 6.45) is 0.577. The molecular formula is C20H23FN2O6S. The molecule has 3 N–H and O–H groups in total. The molecule has 3 rings (SSSR count). The first-order valence-corrected chi connectivity index (χ1v) is 10.7. The van der Waals surface area contributed by atoms with Gasteiger partial charge in [-0.15, -0.1) is 0 Å². The van der Waals surface area contributed by atoms with Gasteiger partial charge in [0.25, 0.3) is 5.91 Å². The van der Waals surface area contributed by atoms with Gasteiger partial charge in [0.05, 0.1) is 10.5 Å². The predicted octanol–water partition coefficient (Wildman–Crippen LogP) is 1.81. The third-order valence-electron chi connectivity index (χ3n) is 5.05. The van der Waals surface area contributed by atoms with E-state index in [2.05, 4.69) is 0 Å². The Hall–Kier alpha value is -2.53. The molecule has 1 saturated heterocycles. The van der Waals surface area contributed by atoms with Gasteiger partial charge in [0, 0.05) is 6.54 Å². The number of nitrogens with one attached hydrogen (secondary N) is 1. The Morgan fingerprint density at radius 1 is 1.23 bits per heavy atom. The molecule has 2 atom stereocenters. The van der Waals surface area contributed by atoms with Crippen LogP contribution in [0.25, 0.3) is 0 Å². The number of sulfonamides is 1. The van der Waals surface area contributed by atoms with Crippen LogP contribution >= 0.6 is 0 Å². The fourth-order valence-corrected chi connectivity index (χ4v) is 5.21. The Labute approximate surface area is 173 Å². The second-order valence-corrected chi connectivity index (χ2v) is 9.23. The highest BCUT2D eigenvalue weighted by Gasteiger charge is 2.49. The van der Waals surface area contributed by atoms with Gasteiger partial charge in [0.1, 0.15) is 24.2 Å². The lowest BCUT2D eigenvalue weighted by Crippen LogP contribution is -2.62. The zero-order valence-corrected chi connectivity index (χ0v) is 17.1. The van der Waals surface area contributed by atoms with E-state index in [0.717, 1.165) is 9.87 Å². The van der Waals surface area contributed by atoms with E-state index in [0.29, 0.717) is 12.2 Å². The average Bonchev–Trinajstić information content (AvgIpc) is 2.72. The summed E-state index contributed by atoms with van der Waals surface area (Å²) >= 11 is 0. The van der Waals surface area contributed by atoms with Crippen molar-refractivity contribution in [2.24, 2.45) is 0 Å². The van der Waals surface area contributed by atoms with Crippen LogP contribution in [0.3, 0.4) is 0 Å². The van der Waals surface area contributed by atoms with E-state index < -0.39 is 27.6 Å². The maximum Gasteiger partial charge on any atom is 0.264 e. The molecule has 2 aromatic rings. The zero-order valence-electron chi connectivity index (χ0n) is 16.3. The number of benzene rings is 2. The van der Waals surface area contributed by atoms with E-state index in [1.54, 1.807) is 12.1 Å². The lowest BCUT2D eigenvalue weighted by molar-refractivity contribution is -0.144. The van der Waals surface area contributed by atoms with Crippen molar-refractivity contribution in [3.05, 3.63) is 59.9 Å². The minimum atomic E-state index is -4.12. The van der Waals surface area contributed by atoms with Crippen LogP contribution in [-0.2, 0) is 21.4 Å². The Bertz CT molecular complexity index is 993. The Morgan fingerprint density at radius 2 is 1.87 bits per heavy atom. The van der Waals surface area contributed by atoms with Gasteiger partial charge in [-0.25, -0.2) is 18.3 Å². The molecule has 162 valence electrons. The second-order valence-electron chi connectivity index (χ2n) is 7.34. The Balaban J connectivity index is 1.78. The molecule has 1 heterocycles. The number of carbonyl (C=O) groups excluding carboxylic acids is 1. The lowest BCUT2D eigenvalue weighted by Gasteiger charge is -2.42. The molecule has 0 aliphatic carbocycles. The zero-order chi connectivity index (χ0) is 21.9. The highest BCUT2D eigenvalue weighted by Crippen LogP contribution is 2.32. The van der Waals surface area contributed by atoms with Gasteiger partial charge in [-0.05, 0) is 61.7 Å². The van der Waals surface area contributed by atoms with E-state index in [1.165, 1.54) is 48.8 Å². The van der Waals surface area contributed by atoms with Crippen LogP contribution in [-0.4, -0.2) is 47.1 Å². The van der Waals surface area contributed by atoms with Crippen LogP contribution < -0.4 is 10.2 Å². The van der Waals surface area contributed by atoms with Crippen molar-refractivity contribution in [2.45, 2.75) is 42.9 Å². The minimum absolute atomic E-state index is 0.0272. The fraction of sp³-hybridized carbons (Fsp3) is 0.350. The van der Waals surface area contributed by atoms with Gasteiger partial charge in [-0.3, -0.25) is 10.0 Å². The van der Waals surface area contributed by atoms with Crippen molar-refractivity contribution >= 4 is 15.9 Å². The van der Waals surface area contributed by atoms with Crippen molar-refractivity contribution in [2.75, 3.05) is 6.54 Å². The molecule has 10 heteroatoms. The van der Waals surface area contributed by atoms with Crippen LogP contribution in [0.1, 0.15) is 25.3 Å². The number of amides is 1. The van der Waals surface area contributed by atoms with Gasteiger partial charge in [0.2, 0.25) is 10.0 Å². The summed E-state index contributed by atoms with van der Waals surface area (Å²) in [6, 6.07) is 9.97. The van der Waals surface area contributed by atoms with Crippen molar-refractivity contribution < 1.29 is 32.7 Å². The van der Waals surface area contributed by atoms with Crippen LogP contribution in [0, 0.1) is 5.82 Å². The first-order valence-electron chi connectivity index (χ1n) is 9.30. The summed E-state index contributed by atoms with van der Waals surface area (Å²) < 4.78 is 45.6. The molecule has 1 unspecified atom stereocenters. The van der Waals surface area contributed by atoms with E-state index in [4.69, 9.17) is 9.94 Å². The molecule has 0 radical (unpaired) electrons. The molecule has 0 bridgehead atoms. The average molecular weight is 438 g/mol. The topological polar surface area (TPSA) is 116 Å². The van der Waals surface area contributed by atoms with E-state index in [-0.39, 0.29) is 30.3 Å². The summed E-state index contributed by atoms with van der Waals surface area (Å²) in [6.45, 7) is 1.57. The predicted molar refractivity (Wildman–Crippen MR) is 105 cm³/mol. The molecule has 1 aliphatic rings. The van der Waals surface area contributed by atoms with Crippen LogP contribution in [0.2, 0.25) is 0 Å². The maximum absolute atomic E-state index is 13.1. The van der Waals surface area contributed by atoms with Crippen molar-refractivity contribution in [3.8, 4) is 5.75 Å². The minimum Gasteiger partial charge on any atom is -0.489 e. The number of aliphatic hydroxyl groups is 1. The van der Waals surface area contributed by atoms with Gasteiger partial charge >= 0.3 is 0 Å². The standard InChI is InChI=1S/C20H23FN2O6S/c1-20(25)11-2-12-23(18(20)19(24)22-26)30(27,28)17-9-7-16(8-10-17)29-13-14-3-5-15(21)6-4-14/h3-10,18,25-26H,2,11-13H2,1H3,(H,22,24)/t18?,20-/m1/s1. The van der Waals surface area contributed by atoms with Crippen LogP contribution in [0.4, 0.5) is 4.39 Å². The quantitative estimate of drug-likeness (QED) is 0.468. The molecule has 30 heavy (non-hydrogen) atoms. The first kappa shape index (κ1) is 22.2. The summed E-state index contributed by atoms with van der Waals surface area (Å²) in [5.41, 5.74) is 0.563. The molecule has 1 aliphatic heterocycles. The number of hydrogen-bond donors (Lipinski definition) is 3. The largest absolute Gasteiger partial charge is 0.489 e. The lowest BCUT2D eigenvalue weighted by atomic mass is 9.87. The van der Waals surface area contributed by atoms with E-state index >= 15 is 0 Å². The summed E-state index contributed by atoms with van der Waals surface area (Å²) in [5.74, 6) is -0.936.